The van der Waals surface area contributed by atoms with Gasteiger partial charge in [-0.25, -0.2) is 4.79 Å². The second kappa shape index (κ2) is 3.96. The lowest BCUT2D eigenvalue weighted by molar-refractivity contribution is -0.567. The molecule has 0 spiro atoms. The quantitative estimate of drug-likeness (QED) is 0.650. The largest absolute Gasteiger partial charge is 0.361 e. The monoisotopic (exact) mass is 240 g/mol. The minimum atomic E-state index is -0.290. The highest BCUT2D eigenvalue weighted by molar-refractivity contribution is 5.73. The molecule has 0 aliphatic rings. The molecular weight excluding hydrogens is 230 g/mol. The summed E-state index contributed by atoms with van der Waals surface area (Å²) in [4.78, 5) is 25.3. The Morgan fingerprint density at radius 3 is 2.39 bits per heavy atom. The first-order valence-electron chi connectivity index (χ1n) is 5.50. The third-order valence-corrected chi connectivity index (χ3v) is 2.74. The molecule has 1 N–H and O–H groups in total. The van der Waals surface area contributed by atoms with E-state index in [4.69, 9.17) is 0 Å². The number of aromatic amines is 1. The number of hydrogen-bond donors (Lipinski definition) is 1. The number of aromatic nitrogens is 3. The molecule has 0 fully saturated rings. The lowest BCUT2D eigenvalue weighted by Gasteiger charge is -1.98. The van der Waals surface area contributed by atoms with Crippen molar-refractivity contribution in [2.75, 3.05) is 0 Å². The van der Waals surface area contributed by atoms with Crippen molar-refractivity contribution in [3.63, 3.8) is 0 Å². The molecule has 0 radical (unpaired) electrons. The number of benzene rings is 2. The average molecular weight is 240 g/mol. The minimum absolute atomic E-state index is 0.290. The zero-order valence-electron chi connectivity index (χ0n) is 9.41. The summed E-state index contributed by atoms with van der Waals surface area (Å²) in [6.07, 6.45) is 0. The summed E-state index contributed by atoms with van der Waals surface area (Å²) in [5.41, 5.74) is 0.655. The molecule has 0 saturated carbocycles. The fourth-order valence-electron chi connectivity index (χ4n) is 1.88. The van der Waals surface area contributed by atoms with E-state index < -0.39 is 0 Å². The summed E-state index contributed by atoms with van der Waals surface area (Å²) < 4.78 is 0.673. The number of H-pyrrole nitrogens is 1. The van der Waals surface area contributed by atoms with Gasteiger partial charge in [0.05, 0.1) is 4.54 Å². The smallest absolute Gasteiger partial charge is 0.239 e. The Morgan fingerprint density at radius 2 is 1.61 bits per heavy atom. The van der Waals surface area contributed by atoms with Crippen LogP contribution in [-0.4, -0.2) is 9.90 Å². The second-order valence-electron chi connectivity index (χ2n) is 3.88. The lowest BCUT2D eigenvalue weighted by atomic mass is 10.2. The number of para-hydroxylation sites is 2. The Bertz CT molecular complexity index is 819. The molecule has 0 unspecified atom stereocenters. The van der Waals surface area contributed by atoms with Gasteiger partial charge in [-0.1, -0.05) is 30.3 Å². The highest BCUT2D eigenvalue weighted by atomic mass is 16.3. The molecule has 5 nitrogen and oxygen atoms in total. The number of nitrogens with one attached hydrogen (secondary N) is 1. The van der Waals surface area contributed by atoms with Crippen LogP contribution in [0.1, 0.15) is 0 Å². The van der Waals surface area contributed by atoms with Gasteiger partial charge < -0.3 is 0 Å². The van der Waals surface area contributed by atoms with Crippen molar-refractivity contribution in [1.29, 1.82) is 0 Å². The predicted molar refractivity (Wildman–Crippen MR) is 67.3 cm³/mol. The predicted octanol–water partition coefficient (Wildman–Crippen LogP) is 1.23. The van der Waals surface area contributed by atoms with E-state index in [1.165, 1.54) is 4.80 Å². The fourth-order valence-corrected chi connectivity index (χ4v) is 1.88. The van der Waals surface area contributed by atoms with Crippen LogP contribution in [0.15, 0.2) is 59.4 Å². The SMILES string of the molecule is O=c1[nH]n(-c2ccccc2)[n+](=O)c2ccccc12. The molecule has 3 rings (SSSR count). The summed E-state index contributed by atoms with van der Waals surface area (Å²) in [6.45, 7) is 0. The highest BCUT2D eigenvalue weighted by Crippen LogP contribution is 2.04. The number of nitrogens with zero attached hydrogens (tertiary/aromatic N) is 2. The molecule has 0 aliphatic heterocycles. The van der Waals surface area contributed by atoms with Crippen molar-refractivity contribution in [3.05, 3.63) is 69.9 Å². The zero-order chi connectivity index (χ0) is 12.5. The summed E-state index contributed by atoms with van der Waals surface area (Å²) in [5.74, 6) is 0. The van der Waals surface area contributed by atoms with E-state index in [2.05, 4.69) is 5.10 Å². The molecular formula is C13H10N3O2+. The normalized spacial score (nSPS) is 10.7. The van der Waals surface area contributed by atoms with Crippen LogP contribution in [0.2, 0.25) is 0 Å². The first kappa shape index (κ1) is 10.5. The minimum Gasteiger partial charge on any atom is -0.239 e. The number of rotatable bonds is 1. The topological polar surface area (TPSA) is 60.8 Å². The van der Waals surface area contributed by atoms with Gasteiger partial charge in [-0.2, -0.15) is 0 Å². The van der Waals surface area contributed by atoms with Crippen LogP contribution in [-0.2, 0) is 0 Å². The molecule has 0 saturated heterocycles. The van der Waals surface area contributed by atoms with E-state index in [0.29, 0.717) is 21.1 Å². The average Bonchev–Trinajstić information content (AvgIpc) is 2.44. The zero-order valence-corrected chi connectivity index (χ0v) is 9.41. The van der Waals surface area contributed by atoms with Gasteiger partial charge in [-0.05, 0) is 34.0 Å². The van der Waals surface area contributed by atoms with Crippen LogP contribution in [0, 0.1) is 4.91 Å². The van der Waals surface area contributed by atoms with E-state index in [1.807, 2.05) is 6.07 Å². The van der Waals surface area contributed by atoms with E-state index in [-0.39, 0.29) is 5.56 Å². The molecule has 3 aromatic rings. The Balaban J connectivity index is 2.43. The Kier molecular flexibility index (Phi) is 2.30. The standard InChI is InChI=1S/C13H9N3O2/c17-13-11-8-4-5-9-12(11)16(18)15(14-13)10-6-2-1-3-7-10/h1-9H/p+1. The maximum absolute atomic E-state index is 12.2. The van der Waals surface area contributed by atoms with Crippen molar-refractivity contribution in [2.24, 2.45) is 0 Å². The van der Waals surface area contributed by atoms with Crippen LogP contribution in [0.25, 0.3) is 16.6 Å². The van der Waals surface area contributed by atoms with Gasteiger partial charge in [-0.15, -0.1) is 5.10 Å². The van der Waals surface area contributed by atoms with Crippen LogP contribution in [0.3, 0.4) is 0 Å². The molecule has 1 aromatic heterocycles. The van der Waals surface area contributed by atoms with Gasteiger partial charge in [0.25, 0.3) is 0 Å². The van der Waals surface area contributed by atoms with Crippen molar-refractivity contribution in [2.45, 2.75) is 0 Å². The Labute approximate surface area is 101 Å². The van der Waals surface area contributed by atoms with E-state index in [9.17, 15) is 9.70 Å². The van der Waals surface area contributed by atoms with Gasteiger partial charge in [0.2, 0.25) is 5.52 Å². The summed E-state index contributed by atoms with van der Waals surface area (Å²) in [5, 5.41) is 2.92. The van der Waals surface area contributed by atoms with Crippen molar-refractivity contribution in [3.8, 4) is 5.69 Å². The maximum atomic E-state index is 12.2. The maximum Gasteiger partial charge on any atom is 0.361 e. The third-order valence-electron chi connectivity index (χ3n) is 2.74. The van der Waals surface area contributed by atoms with Crippen LogP contribution in [0.5, 0.6) is 0 Å². The van der Waals surface area contributed by atoms with Crippen molar-refractivity contribution < 1.29 is 4.54 Å². The Hall–Kier alpha value is -2.69. The molecule has 5 heteroatoms. The van der Waals surface area contributed by atoms with Gasteiger partial charge in [0.1, 0.15) is 11.1 Å². The summed E-state index contributed by atoms with van der Waals surface area (Å²) in [7, 11) is 0. The fraction of sp³-hybridized carbons (Fsp3) is 0. The van der Waals surface area contributed by atoms with Crippen molar-refractivity contribution >= 4 is 10.9 Å². The second-order valence-corrected chi connectivity index (χ2v) is 3.88. The van der Waals surface area contributed by atoms with Crippen molar-refractivity contribution in [1.82, 2.24) is 9.90 Å². The first-order valence-corrected chi connectivity index (χ1v) is 5.50. The van der Waals surface area contributed by atoms with E-state index in [1.54, 1.807) is 48.5 Å². The molecule has 0 amide bonds. The van der Waals surface area contributed by atoms with Crippen LogP contribution < -0.4 is 10.1 Å². The van der Waals surface area contributed by atoms with Gasteiger partial charge in [-0.3, -0.25) is 0 Å². The van der Waals surface area contributed by atoms with E-state index in [0.717, 1.165) is 0 Å². The summed E-state index contributed by atoms with van der Waals surface area (Å²) in [6, 6.07) is 15.6. The van der Waals surface area contributed by atoms with Gasteiger partial charge in [0.15, 0.2) is 0 Å². The third kappa shape index (κ3) is 1.53. The summed E-state index contributed by atoms with van der Waals surface area (Å²) >= 11 is 0. The van der Waals surface area contributed by atoms with Gasteiger partial charge >= 0.3 is 5.56 Å². The highest BCUT2D eigenvalue weighted by Gasteiger charge is 2.13. The van der Waals surface area contributed by atoms with E-state index >= 15 is 0 Å². The van der Waals surface area contributed by atoms with Gasteiger partial charge in [0, 0.05) is 0 Å². The molecule has 2 aromatic carbocycles. The van der Waals surface area contributed by atoms with Crippen LogP contribution >= 0.6 is 0 Å². The van der Waals surface area contributed by atoms with Crippen LogP contribution in [0.4, 0.5) is 0 Å². The Morgan fingerprint density at radius 1 is 0.944 bits per heavy atom. The number of hydrogen-bond acceptors (Lipinski definition) is 2. The molecule has 18 heavy (non-hydrogen) atoms. The molecule has 0 bridgehead atoms. The number of fused-ring (bicyclic) bond motifs is 1. The molecule has 0 atom stereocenters. The molecule has 0 aliphatic carbocycles. The molecule has 1 heterocycles. The first-order chi connectivity index (χ1) is 8.77. The lowest BCUT2D eigenvalue weighted by Crippen LogP contribution is -2.37. The molecule has 88 valence electrons.